The first-order valence-corrected chi connectivity index (χ1v) is 7.36. The zero-order valence-electron chi connectivity index (χ0n) is 12.0. The van der Waals surface area contributed by atoms with Crippen molar-refractivity contribution in [3.8, 4) is 5.75 Å². The predicted octanol–water partition coefficient (Wildman–Crippen LogP) is 2.96. The molecular weight excluding hydrogens is 238 g/mol. The summed E-state index contributed by atoms with van der Waals surface area (Å²) < 4.78 is 5.87. The Bertz CT molecular complexity index is 406. The third-order valence-corrected chi connectivity index (χ3v) is 3.84. The van der Waals surface area contributed by atoms with Crippen LogP contribution in [0.3, 0.4) is 0 Å². The maximum Gasteiger partial charge on any atom is 0.126 e. The Hall–Kier alpha value is -1.06. The fourth-order valence-electron chi connectivity index (χ4n) is 2.60. The zero-order chi connectivity index (χ0) is 13.7. The van der Waals surface area contributed by atoms with Gasteiger partial charge in [0.2, 0.25) is 0 Å². The number of hydrogen-bond acceptors (Lipinski definition) is 3. The molecule has 1 heterocycles. The summed E-state index contributed by atoms with van der Waals surface area (Å²) in [6, 6.07) is 6.70. The first-order chi connectivity index (χ1) is 9.22. The number of fused-ring (bicyclic) bond motifs is 1. The Morgan fingerprint density at radius 2 is 2.32 bits per heavy atom. The Balaban J connectivity index is 2.03. The number of ether oxygens (including phenoxy) is 1. The first-order valence-electron chi connectivity index (χ1n) is 7.36. The number of aryl methyl sites for hydroxylation is 1. The summed E-state index contributed by atoms with van der Waals surface area (Å²) in [6.45, 7) is 5.77. The SMILES string of the molecule is CCC(O)CCNC1CCCOc2c(C)cccc21. The lowest BCUT2D eigenvalue weighted by Crippen LogP contribution is -2.25. The number of benzene rings is 1. The van der Waals surface area contributed by atoms with Crippen LogP contribution in [0.5, 0.6) is 5.75 Å². The summed E-state index contributed by atoms with van der Waals surface area (Å²) in [5.41, 5.74) is 2.48. The molecule has 1 aliphatic rings. The van der Waals surface area contributed by atoms with Crippen LogP contribution in [-0.2, 0) is 0 Å². The topological polar surface area (TPSA) is 41.5 Å². The van der Waals surface area contributed by atoms with E-state index in [4.69, 9.17) is 4.74 Å². The third-order valence-electron chi connectivity index (χ3n) is 3.84. The van der Waals surface area contributed by atoms with Gasteiger partial charge in [-0.3, -0.25) is 0 Å². The molecule has 2 unspecified atom stereocenters. The predicted molar refractivity (Wildman–Crippen MR) is 77.6 cm³/mol. The molecule has 1 aliphatic heterocycles. The molecule has 0 amide bonds. The van der Waals surface area contributed by atoms with Gasteiger partial charge in [0.15, 0.2) is 0 Å². The van der Waals surface area contributed by atoms with Gasteiger partial charge in [-0.15, -0.1) is 0 Å². The quantitative estimate of drug-likeness (QED) is 0.858. The second-order valence-corrected chi connectivity index (χ2v) is 5.34. The maximum absolute atomic E-state index is 9.62. The van der Waals surface area contributed by atoms with Crippen LogP contribution >= 0.6 is 0 Å². The molecule has 0 aromatic heterocycles. The van der Waals surface area contributed by atoms with Crippen LogP contribution in [0.4, 0.5) is 0 Å². The highest BCUT2D eigenvalue weighted by Crippen LogP contribution is 2.33. The van der Waals surface area contributed by atoms with Gasteiger partial charge in [0.25, 0.3) is 0 Å². The van der Waals surface area contributed by atoms with Crippen molar-refractivity contribution < 1.29 is 9.84 Å². The molecule has 0 spiro atoms. The second-order valence-electron chi connectivity index (χ2n) is 5.34. The van der Waals surface area contributed by atoms with E-state index in [0.29, 0.717) is 6.04 Å². The van der Waals surface area contributed by atoms with E-state index in [0.717, 1.165) is 44.6 Å². The molecule has 0 saturated carbocycles. The van der Waals surface area contributed by atoms with Crippen molar-refractivity contribution in [1.29, 1.82) is 0 Å². The van der Waals surface area contributed by atoms with Crippen molar-refractivity contribution >= 4 is 0 Å². The summed E-state index contributed by atoms with van der Waals surface area (Å²) in [7, 11) is 0. The van der Waals surface area contributed by atoms with Crippen molar-refractivity contribution in [3.05, 3.63) is 29.3 Å². The molecule has 3 heteroatoms. The standard InChI is InChI=1S/C16H25NO2/c1-3-13(18)9-10-17-15-8-5-11-19-16-12(2)6-4-7-14(15)16/h4,6-7,13,15,17-18H,3,5,8-11H2,1-2H3. The summed E-state index contributed by atoms with van der Waals surface area (Å²) in [5.74, 6) is 1.05. The summed E-state index contributed by atoms with van der Waals surface area (Å²) in [5, 5.41) is 13.2. The fraction of sp³-hybridized carbons (Fsp3) is 0.625. The summed E-state index contributed by atoms with van der Waals surface area (Å²) >= 11 is 0. The van der Waals surface area contributed by atoms with E-state index in [1.54, 1.807) is 0 Å². The Morgan fingerprint density at radius 3 is 3.11 bits per heavy atom. The van der Waals surface area contributed by atoms with Gasteiger partial charge in [-0.2, -0.15) is 0 Å². The van der Waals surface area contributed by atoms with E-state index in [1.165, 1.54) is 11.1 Å². The van der Waals surface area contributed by atoms with Gasteiger partial charge in [-0.25, -0.2) is 0 Å². The summed E-state index contributed by atoms with van der Waals surface area (Å²) in [4.78, 5) is 0. The molecule has 1 aromatic rings. The summed E-state index contributed by atoms with van der Waals surface area (Å²) in [6.07, 6.45) is 3.62. The minimum Gasteiger partial charge on any atom is -0.493 e. The van der Waals surface area contributed by atoms with Crippen LogP contribution in [0.15, 0.2) is 18.2 Å². The lowest BCUT2D eigenvalue weighted by molar-refractivity contribution is 0.158. The van der Waals surface area contributed by atoms with E-state index in [2.05, 4.69) is 30.4 Å². The number of aliphatic hydroxyl groups excluding tert-OH is 1. The van der Waals surface area contributed by atoms with Crippen LogP contribution in [0.2, 0.25) is 0 Å². The lowest BCUT2D eigenvalue weighted by atomic mass is 9.99. The first kappa shape index (κ1) is 14.4. The molecule has 2 N–H and O–H groups in total. The molecule has 0 aliphatic carbocycles. The minimum atomic E-state index is -0.188. The van der Waals surface area contributed by atoms with Crippen LogP contribution in [0.1, 0.15) is 49.8 Å². The van der Waals surface area contributed by atoms with Crippen molar-refractivity contribution in [1.82, 2.24) is 5.32 Å². The average Bonchev–Trinajstić information content (AvgIpc) is 2.62. The van der Waals surface area contributed by atoms with Gasteiger partial charge < -0.3 is 15.2 Å². The fourth-order valence-corrected chi connectivity index (χ4v) is 2.60. The highest BCUT2D eigenvalue weighted by molar-refractivity contribution is 5.43. The maximum atomic E-state index is 9.62. The molecule has 0 fully saturated rings. The lowest BCUT2D eigenvalue weighted by Gasteiger charge is -2.20. The number of rotatable bonds is 5. The van der Waals surface area contributed by atoms with Crippen LogP contribution in [0, 0.1) is 6.92 Å². The molecule has 1 aromatic carbocycles. The number of para-hydroxylation sites is 1. The van der Waals surface area contributed by atoms with E-state index >= 15 is 0 Å². The molecule has 19 heavy (non-hydrogen) atoms. The van der Waals surface area contributed by atoms with Gasteiger partial charge in [0, 0.05) is 11.6 Å². The monoisotopic (exact) mass is 263 g/mol. The number of hydrogen-bond donors (Lipinski definition) is 2. The minimum absolute atomic E-state index is 0.188. The van der Waals surface area contributed by atoms with E-state index in [9.17, 15) is 5.11 Å². The number of nitrogens with one attached hydrogen (secondary N) is 1. The van der Waals surface area contributed by atoms with Crippen molar-refractivity contribution in [2.75, 3.05) is 13.2 Å². The molecule has 0 radical (unpaired) electrons. The average molecular weight is 263 g/mol. The Morgan fingerprint density at radius 1 is 1.47 bits per heavy atom. The van der Waals surface area contributed by atoms with E-state index < -0.39 is 0 Å². The van der Waals surface area contributed by atoms with Crippen LogP contribution in [-0.4, -0.2) is 24.4 Å². The zero-order valence-corrected chi connectivity index (χ0v) is 12.0. The molecule has 0 saturated heterocycles. The van der Waals surface area contributed by atoms with Crippen molar-refractivity contribution in [3.63, 3.8) is 0 Å². The molecule has 106 valence electrons. The Labute approximate surface area is 116 Å². The molecule has 2 rings (SSSR count). The van der Waals surface area contributed by atoms with E-state index in [-0.39, 0.29) is 6.10 Å². The molecule has 2 atom stereocenters. The third kappa shape index (κ3) is 3.71. The molecule has 3 nitrogen and oxygen atoms in total. The molecule has 0 bridgehead atoms. The largest absolute Gasteiger partial charge is 0.493 e. The van der Waals surface area contributed by atoms with Crippen molar-refractivity contribution in [2.24, 2.45) is 0 Å². The van der Waals surface area contributed by atoms with Crippen LogP contribution in [0.25, 0.3) is 0 Å². The van der Waals surface area contributed by atoms with Gasteiger partial charge in [-0.1, -0.05) is 25.1 Å². The highest BCUT2D eigenvalue weighted by Gasteiger charge is 2.20. The van der Waals surface area contributed by atoms with Gasteiger partial charge >= 0.3 is 0 Å². The smallest absolute Gasteiger partial charge is 0.126 e. The number of aliphatic hydroxyl groups is 1. The van der Waals surface area contributed by atoms with Gasteiger partial charge in [-0.05, 0) is 44.7 Å². The Kier molecular flexibility index (Phi) is 5.23. The van der Waals surface area contributed by atoms with Crippen molar-refractivity contribution in [2.45, 2.75) is 51.7 Å². The van der Waals surface area contributed by atoms with Gasteiger partial charge in [0.05, 0.1) is 12.7 Å². The highest BCUT2D eigenvalue weighted by atomic mass is 16.5. The molecular formula is C16H25NO2. The second kappa shape index (κ2) is 6.92. The van der Waals surface area contributed by atoms with Crippen LogP contribution < -0.4 is 10.1 Å². The van der Waals surface area contributed by atoms with Gasteiger partial charge in [0.1, 0.15) is 5.75 Å². The normalized spacial score (nSPS) is 20.3. The van der Waals surface area contributed by atoms with E-state index in [1.807, 2.05) is 6.92 Å².